The number of halogens is 2. The normalized spacial score (nSPS) is 12.9. The molecule has 0 radical (unpaired) electrons. The number of phenols is 1. The molecule has 0 aromatic heterocycles. The highest BCUT2D eigenvalue weighted by Crippen LogP contribution is 2.29. The third-order valence-corrected chi connectivity index (χ3v) is 2.26. The molecule has 4 heteroatoms. The predicted octanol–water partition coefficient (Wildman–Crippen LogP) is 2.47. The molecular formula is C9H11ClFNO. The first kappa shape index (κ1) is 10.3. The summed E-state index contributed by atoms with van der Waals surface area (Å²) in [5.74, 6) is -0.685. The highest BCUT2D eigenvalue weighted by molar-refractivity contribution is 6.30. The van der Waals surface area contributed by atoms with E-state index in [2.05, 4.69) is 5.32 Å². The number of aromatic hydroxyl groups is 1. The summed E-state index contributed by atoms with van der Waals surface area (Å²) in [4.78, 5) is 0. The van der Waals surface area contributed by atoms with Crippen LogP contribution in [0.15, 0.2) is 12.1 Å². The SMILES string of the molecule is CN[C@@H](C)c1cc(Cl)c(F)cc1O. The van der Waals surface area contributed by atoms with Gasteiger partial charge in [0.2, 0.25) is 0 Å². The van der Waals surface area contributed by atoms with Gasteiger partial charge < -0.3 is 10.4 Å². The lowest BCUT2D eigenvalue weighted by Crippen LogP contribution is -2.12. The highest BCUT2D eigenvalue weighted by atomic mass is 35.5. The fraction of sp³-hybridized carbons (Fsp3) is 0.333. The van der Waals surface area contributed by atoms with Crippen molar-refractivity contribution in [3.8, 4) is 5.75 Å². The highest BCUT2D eigenvalue weighted by Gasteiger charge is 2.11. The third kappa shape index (κ3) is 2.11. The minimum Gasteiger partial charge on any atom is -0.508 e. The maximum atomic E-state index is 12.8. The Kier molecular flexibility index (Phi) is 3.12. The Morgan fingerprint density at radius 3 is 2.69 bits per heavy atom. The Bertz CT molecular complexity index is 317. The van der Waals surface area contributed by atoms with Gasteiger partial charge in [-0.1, -0.05) is 11.6 Å². The van der Waals surface area contributed by atoms with Gasteiger partial charge in [0.05, 0.1) is 5.02 Å². The monoisotopic (exact) mass is 203 g/mol. The van der Waals surface area contributed by atoms with E-state index in [4.69, 9.17) is 11.6 Å². The number of hydrogen-bond acceptors (Lipinski definition) is 2. The second-order valence-electron chi connectivity index (χ2n) is 2.84. The van der Waals surface area contributed by atoms with Crippen LogP contribution in [0.2, 0.25) is 5.02 Å². The van der Waals surface area contributed by atoms with Crippen molar-refractivity contribution in [3.05, 3.63) is 28.5 Å². The molecule has 13 heavy (non-hydrogen) atoms. The lowest BCUT2D eigenvalue weighted by Gasteiger charge is -2.12. The van der Waals surface area contributed by atoms with Crippen LogP contribution in [0, 0.1) is 5.82 Å². The van der Waals surface area contributed by atoms with Crippen LogP contribution >= 0.6 is 11.6 Å². The van der Waals surface area contributed by atoms with Crippen LogP contribution in [0.25, 0.3) is 0 Å². The van der Waals surface area contributed by atoms with Gasteiger partial charge in [-0.25, -0.2) is 4.39 Å². The van der Waals surface area contributed by atoms with Gasteiger partial charge in [-0.15, -0.1) is 0 Å². The van der Waals surface area contributed by atoms with Crippen LogP contribution in [0.5, 0.6) is 5.75 Å². The Hall–Kier alpha value is -0.800. The summed E-state index contributed by atoms with van der Waals surface area (Å²) in [6.07, 6.45) is 0. The van der Waals surface area contributed by atoms with Crippen molar-refractivity contribution in [3.63, 3.8) is 0 Å². The molecule has 0 saturated heterocycles. The summed E-state index contributed by atoms with van der Waals surface area (Å²) in [6.45, 7) is 1.85. The number of benzene rings is 1. The van der Waals surface area contributed by atoms with E-state index in [1.807, 2.05) is 6.92 Å². The molecule has 1 rings (SSSR count). The van der Waals surface area contributed by atoms with Crippen molar-refractivity contribution >= 4 is 11.6 Å². The molecule has 0 unspecified atom stereocenters. The molecule has 0 amide bonds. The van der Waals surface area contributed by atoms with Crippen molar-refractivity contribution < 1.29 is 9.50 Å². The Labute approximate surface area is 81.3 Å². The van der Waals surface area contributed by atoms with Gasteiger partial charge >= 0.3 is 0 Å². The average molecular weight is 204 g/mol. The smallest absolute Gasteiger partial charge is 0.145 e. The van der Waals surface area contributed by atoms with Crippen molar-refractivity contribution in [2.75, 3.05) is 7.05 Å². The summed E-state index contributed by atoms with van der Waals surface area (Å²) in [5, 5.41) is 12.3. The minimum atomic E-state index is -0.605. The maximum absolute atomic E-state index is 12.8. The second-order valence-corrected chi connectivity index (χ2v) is 3.24. The van der Waals surface area contributed by atoms with E-state index in [0.29, 0.717) is 5.56 Å². The fourth-order valence-electron chi connectivity index (χ4n) is 1.05. The van der Waals surface area contributed by atoms with Crippen molar-refractivity contribution in [2.45, 2.75) is 13.0 Å². The molecule has 1 aromatic rings. The topological polar surface area (TPSA) is 32.3 Å². The van der Waals surface area contributed by atoms with Gasteiger partial charge in [-0.05, 0) is 20.0 Å². The van der Waals surface area contributed by atoms with Gasteiger partial charge in [-0.2, -0.15) is 0 Å². The Morgan fingerprint density at radius 1 is 1.54 bits per heavy atom. The quantitative estimate of drug-likeness (QED) is 0.774. The van der Waals surface area contributed by atoms with Crippen molar-refractivity contribution in [1.29, 1.82) is 0 Å². The summed E-state index contributed by atoms with van der Waals surface area (Å²) in [6, 6.07) is 2.39. The van der Waals surface area contributed by atoms with Crippen LogP contribution in [-0.4, -0.2) is 12.2 Å². The molecule has 0 spiro atoms. The van der Waals surface area contributed by atoms with E-state index in [1.54, 1.807) is 7.05 Å². The molecule has 0 saturated carbocycles. The number of nitrogens with one attached hydrogen (secondary N) is 1. The van der Waals surface area contributed by atoms with Crippen LogP contribution in [0.4, 0.5) is 4.39 Å². The van der Waals surface area contributed by atoms with E-state index in [-0.39, 0.29) is 16.8 Å². The van der Waals surface area contributed by atoms with Gasteiger partial charge in [0.1, 0.15) is 11.6 Å². The zero-order valence-electron chi connectivity index (χ0n) is 7.44. The zero-order chi connectivity index (χ0) is 10.0. The van der Waals surface area contributed by atoms with E-state index in [1.165, 1.54) is 6.07 Å². The Morgan fingerprint density at radius 2 is 2.15 bits per heavy atom. The number of rotatable bonds is 2. The first-order chi connectivity index (χ1) is 6.06. The van der Waals surface area contributed by atoms with Crippen molar-refractivity contribution in [1.82, 2.24) is 5.32 Å². The van der Waals surface area contributed by atoms with Crippen molar-refractivity contribution in [2.24, 2.45) is 0 Å². The number of hydrogen-bond donors (Lipinski definition) is 2. The average Bonchev–Trinajstić information content (AvgIpc) is 2.10. The zero-order valence-corrected chi connectivity index (χ0v) is 8.19. The minimum absolute atomic E-state index is 0.0231. The summed E-state index contributed by atoms with van der Waals surface area (Å²) in [7, 11) is 1.75. The summed E-state index contributed by atoms with van der Waals surface area (Å²) in [5.41, 5.74) is 0.592. The van der Waals surface area contributed by atoms with Gasteiger partial charge in [0.25, 0.3) is 0 Å². The van der Waals surface area contributed by atoms with E-state index in [9.17, 15) is 9.50 Å². The second kappa shape index (κ2) is 3.94. The van der Waals surface area contributed by atoms with Crippen LogP contribution in [0.1, 0.15) is 18.5 Å². The molecule has 0 heterocycles. The van der Waals surface area contributed by atoms with Crippen LogP contribution in [-0.2, 0) is 0 Å². The van der Waals surface area contributed by atoms with Gasteiger partial charge in [0.15, 0.2) is 0 Å². The molecule has 2 N–H and O–H groups in total. The molecule has 0 aliphatic rings. The molecular weight excluding hydrogens is 193 g/mol. The van der Waals surface area contributed by atoms with Gasteiger partial charge in [-0.3, -0.25) is 0 Å². The van der Waals surface area contributed by atoms with E-state index >= 15 is 0 Å². The maximum Gasteiger partial charge on any atom is 0.145 e. The molecule has 1 aromatic carbocycles. The van der Waals surface area contributed by atoms with Crippen LogP contribution < -0.4 is 5.32 Å². The predicted molar refractivity (Wildman–Crippen MR) is 50.5 cm³/mol. The molecule has 72 valence electrons. The molecule has 2 nitrogen and oxygen atoms in total. The largest absolute Gasteiger partial charge is 0.508 e. The third-order valence-electron chi connectivity index (χ3n) is 1.97. The van der Waals surface area contributed by atoms with Gasteiger partial charge in [0, 0.05) is 17.7 Å². The summed E-state index contributed by atoms with van der Waals surface area (Å²) >= 11 is 5.57. The molecule has 0 fully saturated rings. The molecule has 0 aliphatic heterocycles. The lowest BCUT2D eigenvalue weighted by atomic mass is 10.1. The Balaban J connectivity index is 3.15. The molecule has 0 bridgehead atoms. The van der Waals surface area contributed by atoms with E-state index in [0.717, 1.165) is 6.07 Å². The van der Waals surface area contributed by atoms with Crippen LogP contribution in [0.3, 0.4) is 0 Å². The first-order valence-corrected chi connectivity index (χ1v) is 4.29. The number of phenolic OH excluding ortho intramolecular Hbond substituents is 1. The fourth-order valence-corrected chi connectivity index (χ4v) is 1.23. The first-order valence-electron chi connectivity index (χ1n) is 3.91. The molecule has 1 atom stereocenters. The summed E-state index contributed by atoms with van der Waals surface area (Å²) < 4.78 is 12.8. The lowest BCUT2D eigenvalue weighted by molar-refractivity contribution is 0.452. The standard InChI is InChI=1S/C9H11ClFNO/c1-5(12-2)6-3-7(10)8(11)4-9(6)13/h3-5,12-13H,1-2H3/t5-/m0/s1. The molecule has 0 aliphatic carbocycles. The van der Waals surface area contributed by atoms with E-state index < -0.39 is 5.82 Å².